The molecular weight excluding hydrogens is 476 g/mol. The third kappa shape index (κ3) is 6.12. The Morgan fingerprint density at radius 1 is 0.632 bits per heavy atom. The summed E-state index contributed by atoms with van der Waals surface area (Å²) in [5.41, 5.74) is 7.46. The summed E-state index contributed by atoms with van der Waals surface area (Å²) in [6, 6.07) is 22.2. The number of Topliss-reactive ketones (excluding diaryl/α,β-unsaturated/α-hetero) is 1. The molecule has 0 heterocycles. The molecule has 5 nitrogen and oxygen atoms in total. The van der Waals surface area contributed by atoms with Gasteiger partial charge in [-0.25, -0.2) is 4.79 Å². The predicted octanol–water partition coefficient (Wildman–Crippen LogP) is 7.73. The Morgan fingerprint density at radius 3 is 1.47 bits per heavy atom. The normalized spacial score (nSPS) is 10.7. The van der Waals surface area contributed by atoms with Crippen molar-refractivity contribution in [1.82, 2.24) is 0 Å². The predicted molar refractivity (Wildman–Crippen MR) is 149 cm³/mol. The van der Waals surface area contributed by atoms with Crippen LogP contribution < -0.4 is 14.2 Å². The van der Waals surface area contributed by atoms with Crippen molar-refractivity contribution in [3.05, 3.63) is 117 Å². The first-order valence-electron chi connectivity index (χ1n) is 12.5. The van der Waals surface area contributed by atoms with Gasteiger partial charge in [0.05, 0.1) is 12.7 Å². The SMILES string of the molecule is COc1c(C)cc(Cc2cc(C)c(OC(=O)c3ccc(Oc4ccc(C(C)=O)cc4)cc3)c(C)c2)cc1C. The van der Waals surface area contributed by atoms with Gasteiger partial charge < -0.3 is 14.2 Å². The third-order valence-corrected chi connectivity index (χ3v) is 6.43. The van der Waals surface area contributed by atoms with Crippen LogP contribution in [0.1, 0.15) is 61.0 Å². The largest absolute Gasteiger partial charge is 0.496 e. The molecule has 0 atom stereocenters. The number of rotatable bonds is 8. The summed E-state index contributed by atoms with van der Waals surface area (Å²) >= 11 is 0. The van der Waals surface area contributed by atoms with Gasteiger partial charge in [-0.2, -0.15) is 0 Å². The summed E-state index contributed by atoms with van der Waals surface area (Å²) in [6.07, 6.45) is 0.778. The third-order valence-electron chi connectivity index (χ3n) is 6.43. The molecule has 0 aliphatic carbocycles. The van der Waals surface area contributed by atoms with Crippen molar-refractivity contribution in [2.75, 3.05) is 7.11 Å². The lowest BCUT2D eigenvalue weighted by Gasteiger charge is -2.15. The van der Waals surface area contributed by atoms with Gasteiger partial charge in [0, 0.05) is 5.56 Å². The highest BCUT2D eigenvalue weighted by Gasteiger charge is 2.15. The van der Waals surface area contributed by atoms with E-state index in [0.29, 0.717) is 28.4 Å². The highest BCUT2D eigenvalue weighted by molar-refractivity contribution is 5.94. The maximum atomic E-state index is 12.9. The van der Waals surface area contributed by atoms with Gasteiger partial charge in [-0.05, 0) is 123 Å². The van der Waals surface area contributed by atoms with E-state index in [1.807, 2.05) is 13.8 Å². The second-order valence-corrected chi connectivity index (χ2v) is 9.59. The smallest absolute Gasteiger partial charge is 0.343 e. The summed E-state index contributed by atoms with van der Waals surface area (Å²) in [6.45, 7) is 9.55. The molecule has 0 bridgehead atoms. The Bertz CT molecular complexity index is 1440. The van der Waals surface area contributed by atoms with Crippen molar-refractivity contribution in [2.24, 2.45) is 0 Å². The number of carbonyl (C=O) groups excluding carboxylic acids is 2. The van der Waals surface area contributed by atoms with E-state index in [1.165, 1.54) is 12.5 Å². The molecule has 0 saturated carbocycles. The Kier molecular flexibility index (Phi) is 7.96. The fourth-order valence-electron chi connectivity index (χ4n) is 4.71. The molecule has 0 radical (unpaired) electrons. The van der Waals surface area contributed by atoms with Gasteiger partial charge in [0.2, 0.25) is 0 Å². The van der Waals surface area contributed by atoms with Crippen molar-refractivity contribution < 1.29 is 23.8 Å². The number of benzene rings is 4. The van der Waals surface area contributed by atoms with E-state index in [4.69, 9.17) is 14.2 Å². The van der Waals surface area contributed by atoms with Gasteiger partial charge in [-0.15, -0.1) is 0 Å². The molecule has 0 fully saturated rings. The number of hydrogen-bond acceptors (Lipinski definition) is 5. The number of hydrogen-bond donors (Lipinski definition) is 0. The molecule has 5 heteroatoms. The van der Waals surface area contributed by atoms with E-state index in [-0.39, 0.29) is 5.78 Å². The highest BCUT2D eigenvalue weighted by Crippen LogP contribution is 2.30. The van der Waals surface area contributed by atoms with E-state index in [0.717, 1.165) is 40.0 Å². The lowest BCUT2D eigenvalue weighted by atomic mass is 9.97. The first kappa shape index (κ1) is 26.7. The number of ether oxygens (including phenoxy) is 3. The molecule has 0 aliphatic rings. The lowest BCUT2D eigenvalue weighted by molar-refractivity contribution is 0.0732. The minimum atomic E-state index is -0.428. The molecule has 4 aromatic rings. The minimum absolute atomic E-state index is 0.00179. The molecule has 0 amide bonds. The van der Waals surface area contributed by atoms with Crippen LogP contribution in [0, 0.1) is 27.7 Å². The Morgan fingerprint density at radius 2 is 1.05 bits per heavy atom. The van der Waals surface area contributed by atoms with Crippen LogP contribution in [0.2, 0.25) is 0 Å². The molecule has 0 unspecified atom stereocenters. The van der Waals surface area contributed by atoms with Crippen molar-refractivity contribution in [3.8, 4) is 23.0 Å². The summed E-state index contributed by atoms with van der Waals surface area (Å²) in [7, 11) is 1.70. The number of esters is 1. The van der Waals surface area contributed by atoms with E-state index in [2.05, 4.69) is 38.1 Å². The molecule has 4 aromatic carbocycles. The van der Waals surface area contributed by atoms with E-state index < -0.39 is 5.97 Å². The van der Waals surface area contributed by atoms with Crippen LogP contribution in [-0.2, 0) is 6.42 Å². The molecule has 0 saturated heterocycles. The topological polar surface area (TPSA) is 61.8 Å². The maximum absolute atomic E-state index is 12.9. The molecule has 0 N–H and O–H groups in total. The number of aryl methyl sites for hydroxylation is 4. The van der Waals surface area contributed by atoms with Gasteiger partial charge >= 0.3 is 5.97 Å². The number of ketones is 1. The van der Waals surface area contributed by atoms with Crippen LogP contribution >= 0.6 is 0 Å². The zero-order valence-electron chi connectivity index (χ0n) is 22.7. The summed E-state index contributed by atoms with van der Waals surface area (Å²) in [5, 5.41) is 0. The van der Waals surface area contributed by atoms with Crippen molar-refractivity contribution in [2.45, 2.75) is 41.0 Å². The first-order valence-corrected chi connectivity index (χ1v) is 12.5. The summed E-state index contributed by atoms with van der Waals surface area (Å²) in [4.78, 5) is 24.3. The van der Waals surface area contributed by atoms with E-state index >= 15 is 0 Å². The second kappa shape index (κ2) is 11.3. The number of carbonyl (C=O) groups is 2. The highest BCUT2D eigenvalue weighted by atomic mass is 16.5. The minimum Gasteiger partial charge on any atom is -0.496 e. The quantitative estimate of drug-likeness (QED) is 0.138. The van der Waals surface area contributed by atoms with Crippen molar-refractivity contribution in [3.63, 3.8) is 0 Å². The van der Waals surface area contributed by atoms with Gasteiger partial charge in [-0.3, -0.25) is 4.79 Å². The van der Waals surface area contributed by atoms with Gasteiger partial charge in [0.1, 0.15) is 23.0 Å². The van der Waals surface area contributed by atoms with Crippen molar-refractivity contribution >= 4 is 11.8 Å². The average Bonchev–Trinajstić information content (AvgIpc) is 2.87. The Hall–Kier alpha value is -4.38. The maximum Gasteiger partial charge on any atom is 0.343 e. The summed E-state index contributed by atoms with van der Waals surface area (Å²) in [5.74, 6) is 2.26. The van der Waals surface area contributed by atoms with Gasteiger partial charge in [0.25, 0.3) is 0 Å². The molecule has 194 valence electrons. The first-order chi connectivity index (χ1) is 18.1. The lowest BCUT2D eigenvalue weighted by Crippen LogP contribution is -2.10. The van der Waals surface area contributed by atoms with Gasteiger partial charge in [-0.1, -0.05) is 24.3 Å². The Balaban J connectivity index is 1.44. The van der Waals surface area contributed by atoms with Crippen molar-refractivity contribution in [1.29, 1.82) is 0 Å². The molecule has 0 aliphatic heterocycles. The molecule has 0 spiro atoms. The monoisotopic (exact) mass is 508 g/mol. The second-order valence-electron chi connectivity index (χ2n) is 9.59. The zero-order valence-corrected chi connectivity index (χ0v) is 22.7. The van der Waals surface area contributed by atoms with Gasteiger partial charge in [0.15, 0.2) is 5.78 Å². The zero-order chi connectivity index (χ0) is 27.4. The standard InChI is InChI=1S/C33H32O5/c1-20-15-25(16-21(2)31(20)36-6)19-26-17-22(3)32(23(4)18-26)38-33(35)28-9-13-30(14-10-28)37-29-11-7-27(8-12-29)24(5)34/h7-18H,19H2,1-6H3. The van der Waals surface area contributed by atoms with E-state index in [9.17, 15) is 9.59 Å². The van der Waals surface area contributed by atoms with Crippen LogP contribution in [0.25, 0.3) is 0 Å². The summed E-state index contributed by atoms with van der Waals surface area (Å²) < 4.78 is 17.1. The van der Waals surface area contributed by atoms with Crippen LogP contribution in [0.4, 0.5) is 0 Å². The average molecular weight is 509 g/mol. The molecule has 4 rings (SSSR count). The van der Waals surface area contributed by atoms with Crippen LogP contribution in [0.5, 0.6) is 23.0 Å². The molecular formula is C33H32O5. The fraction of sp³-hybridized carbons (Fsp3) is 0.212. The molecule has 0 aromatic heterocycles. The number of methoxy groups -OCH3 is 1. The van der Waals surface area contributed by atoms with E-state index in [1.54, 1.807) is 55.6 Å². The Labute approximate surface area is 224 Å². The van der Waals surface area contributed by atoms with Crippen LogP contribution in [-0.4, -0.2) is 18.9 Å². The van der Waals surface area contributed by atoms with Crippen LogP contribution in [0.15, 0.2) is 72.8 Å². The fourth-order valence-corrected chi connectivity index (χ4v) is 4.71. The van der Waals surface area contributed by atoms with Crippen LogP contribution in [0.3, 0.4) is 0 Å². The molecule has 38 heavy (non-hydrogen) atoms.